The summed E-state index contributed by atoms with van der Waals surface area (Å²) in [6, 6.07) is 6.29. The SMILES string of the molecule is Cc1noc2cc(C(C)C)ccc12. The third-order valence-electron chi connectivity index (χ3n) is 2.34. The predicted octanol–water partition coefficient (Wildman–Crippen LogP) is 3.26. The van der Waals surface area contributed by atoms with Crippen molar-refractivity contribution >= 4 is 11.0 Å². The zero-order valence-electron chi connectivity index (χ0n) is 8.16. The van der Waals surface area contributed by atoms with Gasteiger partial charge in [-0.25, -0.2) is 0 Å². The van der Waals surface area contributed by atoms with Gasteiger partial charge in [0.2, 0.25) is 0 Å². The number of rotatable bonds is 1. The average molecular weight is 175 g/mol. The van der Waals surface area contributed by atoms with E-state index in [9.17, 15) is 0 Å². The predicted molar refractivity (Wildman–Crippen MR) is 52.8 cm³/mol. The Morgan fingerprint density at radius 2 is 2.08 bits per heavy atom. The molecule has 0 N–H and O–H groups in total. The molecule has 0 aliphatic carbocycles. The molecule has 0 unspecified atom stereocenters. The van der Waals surface area contributed by atoms with E-state index in [1.807, 2.05) is 6.92 Å². The van der Waals surface area contributed by atoms with Crippen LogP contribution in [0.5, 0.6) is 0 Å². The number of aromatic nitrogens is 1. The van der Waals surface area contributed by atoms with Crippen LogP contribution in [-0.2, 0) is 0 Å². The van der Waals surface area contributed by atoms with Crippen molar-refractivity contribution in [3.05, 3.63) is 29.5 Å². The molecule has 0 amide bonds. The molecule has 2 aromatic rings. The van der Waals surface area contributed by atoms with Gasteiger partial charge < -0.3 is 4.52 Å². The molecule has 0 saturated carbocycles. The fourth-order valence-electron chi connectivity index (χ4n) is 1.44. The minimum absolute atomic E-state index is 0.537. The Labute approximate surface area is 77.5 Å². The number of aryl methyl sites for hydroxylation is 1. The molecule has 0 saturated heterocycles. The molecule has 0 fully saturated rings. The fourth-order valence-corrected chi connectivity index (χ4v) is 1.44. The first-order chi connectivity index (χ1) is 6.18. The molecule has 13 heavy (non-hydrogen) atoms. The van der Waals surface area contributed by atoms with Crippen LogP contribution < -0.4 is 0 Å². The van der Waals surface area contributed by atoms with E-state index in [2.05, 4.69) is 37.2 Å². The molecule has 1 aromatic carbocycles. The number of fused-ring (bicyclic) bond motifs is 1. The molecule has 0 atom stereocenters. The van der Waals surface area contributed by atoms with Crippen molar-refractivity contribution in [1.29, 1.82) is 0 Å². The summed E-state index contributed by atoms with van der Waals surface area (Å²) >= 11 is 0. The zero-order chi connectivity index (χ0) is 9.42. The van der Waals surface area contributed by atoms with Gasteiger partial charge in [0.15, 0.2) is 5.58 Å². The Morgan fingerprint density at radius 3 is 2.77 bits per heavy atom. The van der Waals surface area contributed by atoms with Gasteiger partial charge in [-0.05, 0) is 30.5 Å². The van der Waals surface area contributed by atoms with Crippen LogP contribution >= 0.6 is 0 Å². The second-order valence-electron chi connectivity index (χ2n) is 3.68. The number of hydrogen-bond acceptors (Lipinski definition) is 2. The van der Waals surface area contributed by atoms with Crippen molar-refractivity contribution < 1.29 is 4.52 Å². The molecule has 0 aliphatic rings. The standard InChI is InChI=1S/C11H13NO/c1-7(2)9-4-5-10-8(3)12-13-11(10)6-9/h4-7H,1-3H3. The van der Waals surface area contributed by atoms with Crippen LogP contribution in [0.25, 0.3) is 11.0 Å². The molecule has 1 heterocycles. The molecule has 0 radical (unpaired) electrons. The van der Waals surface area contributed by atoms with Gasteiger partial charge in [0.25, 0.3) is 0 Å². The van der Waals surface area contributed by atoms with Crippen LogP contribution in [0, 0.1) is 6.92 Å². The van der Waals surface area contributed by atoms with Crippen molar-refractivity contribution in [1.82, 2.24) is 5.16 Å². The molecule has 2 rings (SSSR count). The van der Waals surface area contributed by atoms with Crippen molar-refractivity contribution in [3.63, 3.8) is 0 Å². The van der Waals surface area contributed by atoms with E-state index >= 15 is 0 Å². The smallest absolute Gasteiger partial charge is 0.167 e. The molecule has 0 aliphatic heterocycles. The van der Waals surface area contributed by atoms with Gasteiger partial charge in [-0.1, -0.05) is 25.1 Å². The summed E-state index contributed by atoms with van der Waals surface area (Å²) in [6.45, 7) is 6.30. The van der Waals surface area contributed by atoms with Crippen molar-refractivity contribution in [2.75, 3.05) is 0 Å². The first-order valence-corrected chi connectivity index (χ1v) is 4.54. The van der Waals surface area contributed by atoms with Crippen LogP contribution in [0.4, 0.5) is 0 Å². The van der Waals surface area contributed by atoms with Gasteiger partial charge in [0, 0.05) is 5.39 Å². The van der Waals surface area contributed by atoms with Gasteiger partial charge in [0.1, 0.15) is 0 Å². The van der Waals surface area contributed by atoms with Crippen LogP contribution in [-0.4, -0.2) is 5.16 Å². The van der Waals surface area contributed by atoms with Gasteiger partial charge in [-0.3, -0.25) is 0 Å². The van der Waals surface area contributed by atoms with Crippen LogP contribution in [0.1, 0.15) is 31.0 Å². The lowest BCUT2D eigenvalue weighted by Gasteiger charge is -2.02. The Balaban J connectivity index is 2.63. The monoisotopic (exact) mass is 175 g/mol. The van der Waals surface area contributed by atoms with Gasteiger partial charge >= 0.3 is 0 Å². The Kier molecular flexibility index (Phi) is 1.83. The summed E-state index contributed by atoms with van der Waals surface area (Å²) in [4.78, 5) is 0. The highest BCUT2D eigenvalue weighted by atomic mass is 16.5. The third kappa shape index (κ3) is 1.32. The molecule has 68 valence electrons. The fraction of sp³-hybridized carbons (Fsp3) is 0.364. The summed E-state index contributed by atoms with van der Waals surface area (Å²) in [5, 5.41) is 5.04. The van der Waals surface area contributed by atoms with Gasteiger partial charge in [-0.15, -0.1) is 0 Å². The highest BCUT2D eigenvalue weighted by Crippen LogP contribution is 2.23. The molecule has 2 nitrogen and oxygen atoms in total. The van der Waals surface area contributed by atoms with Crippen LogP contribution in [0.3, 0.4) is 0 Å². The first kappa shape index (κ1) is 8.30. The summed E-state index contributed by atoms with van der Waals surface area (Å²) in [5.41, 5.74) is 3.15. The summed E-state index contributed by atoms with van der Waals surface area (Å²) in [6.07, 6.45) is 0. The molecule has 1 aromatic heterocycles. The third-order valence-corrected chi connectivity index (χ3v) is 2.34. The second-order valence-corrected chi connectivity index (χ2v) is 3.68. The van der Waals surface area contributed by atoms with E-state index in [-0.39, 0.29) is 0 Å². The maximum Gasteiger partial charge on any atom is 0.167 e. The number of benzene rings is 1. The molecule has 0 spiro atoms. The molecule has 0 bridgehead atoms. The largest absolute Gasteiger partial charge is 0.356 e. The summed E-state index contributed by atoms with van der Waals surface area (Å²) in [5.74, 6) is 0.537. The minimum Gasteiger partial charge on any atom is -0.356 e. The molecule has 2 heteroatoms. The van der Waals surface area contributed by atoms with E-state index in [1.54, 1.807) is 0 Å². The lowest BCUT2D eigenvalue weighted by molar-refractivity contribution is 0.450. The van der Waals surface area contributed by atoms with Gasteiger partial charge in [-0.2, -0.15) is 0 Å². The second kappa shape index (κ2) is 2.87. The maximum atomic E-state index is 5.19. The normalized spacial score (nSPS) is 11.4. The van der Waals surface area contributed by atoms with E-state index in [4.69, 9.17) is 4.52 Å². The highest BCUT2D eigenvalue weighted by Gasteiger charge is 2.06. The van der Waals surface area contributed by atoms with Crippen molar-refractivity contribution in [2.45, 2.75) is 26.7 Å². The first-order valence-electron chi connectivity index (χ1n) is 4.54. The number of hydrogen-bond donors (Lipinski definition) is 0. The zero-order valence-corrected chi connectivity index (χ0v) is 8.16. The quantitative estimate of drug-likeness (QED) is 0.664. The summed E-state index contributed by atoms with van der Waals surface area (Å²) < 4.78 is 5.19. The topological polar surface area (TPSA) is 26.0 Å². The Bertz CT molecular complexity index is 429. The lowest BCUT2D eigenvalue weighted by Crippen LogP contribution is -1.85. The Morgan fingerprint density at radius 1 is 1.31 bits per heavy atom. The maximum absolute atomic E-state index is 5.19. The van der Waals surface area contributed by atoms with Gasteiger partial charge in [0.05, 0.1) is 5.69 Å². The molecular weight excluding hydrogens is 162 g/mol. The van der Waals surface area contributed by atoms with E-state index in [0.29, 0.717) is 5.92 Å². The van der Waals surface area contributed by atoms with E-state index in [0.717, 1.165) is 16.7 Å². The van der Waals surface area contributed by atoms with Crippen LogP contribution in [0.15, 0.2) is 22.7 Å². The number of nitrogens with zero attached hydrogens (tertiary/aromatic N) is 1. The average Bonchev–Trinajstić information content (AvgIpc) is 2.47. The van der Waals surface area contributed by atoms with Crippen molar-refractivity contribution in [3.8, 4) is 0 Å². The lowest BCUT2D eigenvalue weighted by atomic mass is 10.0. The van der Waals surface area contributed by atoms with E-state index < -0.39 is 0 Å². The Hall–Kier alpha value is -1.31. The van der Waals surface area contributed by atoms with Crippen LogP contribution in [0.2, 0.25) is 0 Å². The highest BCUT2D eigenvalue weighted by molar-refractivity contribution is 5.79. The minimum atomic E-state index is 0.537. The van der Waals surface area contributed by atoms with E-state index in [1.165, 1.54) is 5.56 Å². The molecular formula is C11H13NO. The summed E-state index contributed by atoms with van der Waals surface area (Å²) in [7, 11) is 0. The van der Waals surface area contributed by atoms with Crippen molar-refractivity contribution in [2.24, 2.45) is 0 Å².